The van der Waals surface area contributed by atoms with Gasteiger partial charge in [0.2, 0.25) is 0 Å². The summed E-state index contributed by atoms with van der Waals surface area (Å²) in [6.45, 7) is 2.91. The van der Waals surface area contributed by atoms with Crippen LogP contribution in [0.25, 0.3) is 0 Å². The Kier molecular flexibility index (Phi) is 5.15. The van der Waals surface area contributed by atoms with Crippen molar-refractivity contribution >= 4 is 23.8 Å². The van der Waals surface area contributed by atoms with Crippen LogP contribution < -0.4 is 5.32 Å². The molecule has 134 valence electrons. The van der Waals surface area contributed by atoms with Crippen molar-refractivity contribution < 1.29 is 23.9 Å². The molecule has 0 bridgehead atoms. The van der Waals surface area contributed by atoms with Gasteiger partial charge in [-0.1, -0.05) is 19.8 Å². The first-order valence-electron chi connectivity index (χ1n) is 8.24. The number of ether oxygens (including phenoxy) is 1. The van der Waals surface area contributed by atoms with Crippen molar-refractivity contribution in [2.24, 2.45) is 5.92 Å². The summed E-state index contributed by atoms with van der Waals surface area (Å²) >= 11 is 0. The number of hydrogen-bond donors (Lipinski definition) is 1. The minimum Gasteiger partial charge on any atom is -0.451 e. The molecule has 4 amide bonds. The number of imide groups is 1. The van der Waals surface area contributed by atoms with Crippen LogP contribution in [0, 0.1) is 5.92 Å². The van der Waals surface area contributed by atoms with Gasteiger partial charge in [0.1, 0.15) is 12.1 Å². The summed E-state index contributed by atoms with van der Waals surface area (Å²) in [4.78, 5) is 50.8. The summed E-state index contributed by atoms with van der Waals surface area (Å²) in [6.07, 6.45) is 2.37. The van der Waals surface area contributed by atoms with Crippen molar-refractivity contribution in [2.45, 2.75) is 51.2 Å². The van der Waals surface area contributed by atoms with E-state index in [0.29, 0.717) is 6.42 Å². The molecule has 1 saturated carbocycles. The van der Waals surface area contributed by atoms with Crippen LogP contribution in [0.15, 0.2) is 0 Å². The highest BCUT2D eigenvalue weighted by molar-refractivity contribution is 6.09. The van der Waals surface area contributed by atoms with Crippen LogP contribution in [0.2, 0.25) is 0 Å². The van der Waals surface area contributed by atoms with E-state index in [-0.39, 0.29) is 17.7 Å². The van der Waals surface area contributed by atoms with E-state index >= 15 is 0 Å². The second kappa shape index (κ2) is 6.78. The Morgan fingerprint density at radius 2 is 2.04 bits per heavy atom. The Hall–Kier alpha value is -2.12. The van der Waals surface area contributed by atoms with E-state index in [1.54, 1.807) is 14.1 Å². The van der Waals surface area contributed by atoms with Crippen LogP contribution in [0.3, 0.4) is 0 Å². The number of esters is 1. The SMILES string of the molecule is C[C@H](OC(=O)CN1C(=O)N[C@]2(CCCC[C@H]2C)C1=O)C(=O)N(C)C. The zero-order valence-electron chi connectivity index (χ0n) is 14.6. The second-order valence-electron chi connectivity index (χ2n) is 6.80. The molecule has 0 aromatic heterocycles. The predicted octanol–water partition coefficient (Wildman–Crippen LogP) is 0.507. The van der Waals surface area contributed by atoms with Crippen molar-refractivity contribution in [3.63, 3.8) is 0 Å². The molecule has 2 aliphatic rings. The number of carbonyl (C=O) groups is 4. The molecule has 8 heteroatoms. The minimum absolute atomic E-state index is 0.0259. The fourth-order valence-electron chi connectivity index (χ4n) is 3.42. The second-order valence-corrected chi connectivity index (χ2v) is 6.80. The third-order valence-electron chi connectivity index (χ3n) is 4.89. The van der Waals surface area contributed by atoms with Gasteiger partial charge in [0.25, 0.3) is 11.8 Å². The van der Waals surface area contributed by atoms with Crippen molar-refractivity contribution in [3.05, 3.63) is 0 Å². The molecule has 0 aromatic carbocycles. The molecule has 1 spiro atoms. The lowest BCUT2D eigenvalue weighted by atomic mass is 9.73. The zero-order chi connectivity index (χ0) is 18.1. The Balaban J connectivity index is 2.02. The molecule has 2 rings (SSSR count). The van der Waals surface area contributed by atoms with Gasteiger partial charge in [0.15, 0.2) is 6.10 Å². The Labute approximate surface area is 141 Å². The maximum absolute atomic E-state index is 12.7. The monoisotopic (exact) mass is 339 g/mol. The van der Waals surface area contributed by atoms with Gasteiger partial charge in [-0.05, 0) is 25.7 Å². The first-order valence-corrected chi connectivity index (χ1v) is 8.24. The summed E-state index contributed by atoms with van der Waals surface area (Å²) in [5.41, 5.74) is -0.902. The topological polar surface area (TPSA) is 96.0 Å². The molecule has 8 nitrogen and oxygen atoms in total. The number of amides is 4. The summed E-state index contributed by atoms with van der Waals surface area (Å²) in [6, 6.07) is -0.572. The fraction of sp³-hybridized carbons (Fsp3) is 0.750. The molecule has 0 aromatic rings. The molecule has 0 unspecified atom stereocenters. The molecule has 3 atom stereocenters. The third kappa shape index (κ3) is 3.22. The number of nitrogens with zero attached hydrogens (tertiary/aromatic N) is 2. The first-order chi connectivity index (χ1) is 11.2. The van der Waals surface area contributed by atoms with Gasteiger partial charge in [-0.25, -0.2) is 4.79 Å². The standard InChI is InChI=1S/C16H25N3O5/c1-10-7-5-6-8-16(10)14(22)19(15(23)17-16)9-12(20)24-11(2)13(21)18(3)4/h10-11H,5-9H2,1-4H3,(H,17,23)/t10-,11+,16+/m1/s1. The van der Waals surface area contributed by atoms with Crippen LogP contribution in [0.1, 0.15) is 39.5 Å². The van der Waals surface area contributed by atoms with Crippen LogP contribution in [0.5, 0.6) is 0 Å². The van der Waals surface area contributed by atoms with E-state index in [1.165, 1.54) is 11.8 Å². The fourth-order valence-corrected chi connectivity index (χ4v) is 3.42. The minimum atomic E-state index is -0.962. The molecule has 1 aliphatic heterocycles. The number of urea groups is 1. The smallest absolute Gasteiger partial charge is 0.327 e. The van der Waals surface area contributed by atoms with Crippen molar-refractivity contribution in [2.75, 3.05) is 20.6 Å². The van der Waals surface area contributed by atoms with Crippen LogP contribution >= 0.6 is 0 Å². The van der Waals surface area contributed by atoms with E-state index in [1.807, 2.05) is 6.92 Å². The van der Waals surface area contributed by atoms with Gasteiger partial charge in [-0.3, -0.25) is 19.3 Å². The van der Waals surface area contributed by atoms with Crippen LogP contribution in [-0.2, 0) is 19.1 Å². The number of carbonyl (C=O) groups excluding carboxylic acids is 4. The summed E-state index contributed by atoms with van der Waals surface area (Å²) < 4.78 is 5.03. The lowest BCUT2D eigenvalue weighted by Gasteiger charge is -2.36. The van der Waals surface area contributed by atoms with Gasteiger partial charge in [-0.15, -0.1) is 0 Å². The summed E-state index contributed by atoms with van der Waals surface area (Å²) in [5, 5.41) is 2.77. The van der Waals surface area contributed by atoms with Gasteiger partial charge >= 0.3 is 12.0 Å². The predicted molar refractivity (Wildman–Crippen MR) is 84.9 cm³/mol. The Morgan fingerprint density at radius 3 is 2.62 bits per heavy atom. The van der Waals surface area contributed by atoms with E-state index in [0.717, 1.165) is 24.2 Å². The van der Waals surface area contributed by atoms with Gasteiger partial charge in [-0.2, -0.15) is 0 Å². The van der Waals surface area contributed by atoms with E-state index in [2.05, 4.69) is 5.32 Å². The van der Waals surface area contributed by atoms with E-state index in [4.69, 9.17) is 4.74 Å². The molecule has 1 N–H and O–H groups in total. The highest BCUT2D eigenvalue weighted by Gasteiger charge is 2.55. The maximum Gasteiger partial charge on any atom is 0.327 e. The summed E-state index contributed by atoms with van der Waals surface area (Å²) in [7, 11) is 3.11. The van der Waals surface area contributed by atoms with E-state index in [9.17, 15) is 19.2 Å². The van der Waals surface area contributed by atoms with Crippen LogP contribution in [0.4, 0.5) is 4.79 Å². The zero-order valence-corrected chi connectivity index (χ0v) is 14.6. The molecular formula is C16H25N3O5. The van der Waals surface area contributed by atoms with Crippen molar-refractivity contribution in [1.82, 2.24) is 15.1 Å². The molecule has 0 radical (unpaired) electrons. The van der Waals surface area contributed by atoms with Crippen molar-refractivity contribution in [3.8, 4) is 0 Å². The molecule has 1 heterocycles. The normalized spacial score (nSPS) is 27.8. The maximum atomic E-state index is 12.7. The number of rotatable bonds is 4. The third-order valence-corrected chi connectivity index (χ3v) is 4.89. The molecule has 1 saturated heterocycles. The van der Waals surface area contributed by atoms with Gasteiger partial charge in [0.05, 0.1) is 0 Å². The number of hydrogen-bond acceptors (Lipinski definition) is 5. The highest BCUT2D eigenvalue weighted by Crippen LogP contribution is 2.38. The molecular weight excluding hydrogens is 314 g/mol. The van der Waals surface area contributed by atoms with Gasteiger partial charge < -0.3 is 15.0 Å². The van der Waals surface area contributed by atoms with Crippen LogP contribution in [-0.4, -0.2) is 65.9 Å². The molecule has 1 aliphatic carbocycles. The van der Waals surface area contributed by atoms with E-state index < -0.39 is 30.2 Å². The largest absolute Gasteiger partial charge is 0.451 e. The average Bonchev–Trinajstić information content (AvgIpc) is 2.74. The number of likely N-dealkylation sites (N-methyl/N-ethyl adjacent to an activating group) is 1. The summed E-state index contributed by atoms with van der Waals surface area (Å²) in [5.74, 6) is -1.49. The van der Waals surface area contributed by atoms with Gasteiger partial charge in [0, 0.05) is 14.1 Å². The quantitative estimate of drug-likeness (QED) is 0.594. The Morgan fingerprint density at radius 1 is 1.38 bits per heavy atom. The first kappa shape index (κ1) is 18.2. The van der Waals surface area contributed by atoms with Crippen molar-refractivity contribution in [1.29, 1.82) is 0 Å². The molecule has 2 fully saturated rings. The Bertz CT molecular complexity index is 562. The lowest BCUT2D eigenvalue weighted by Crippen LogP contribution is -2.54. The average molecular weight is 339 g/mol. The highest BCUT2D eigenvalue weighted by atomic mass is 16.5. The number of nitrogens with one attached hydrogen (secondary N) is 1. The molecule has 24 heavy (non-hydrogen) atoms. The lowest BCUT2D eigenvalue weighted by molar-refractivity contribution is -0.159.